The van der Waals surface area contributed by atoms with E-state index in [2.05, 4.69) is 0 Å². The monoisotopic (exact) mass is 218 g/mol. The molecule has 0 saturated heterocycles. The molecule has 1 aromatic carbocycles. The van der Waals surface area contributed by atoms with Gasteiger partial charge in [0.15, 0.2) is 5.78 Å². The van der Waals surface area contributed by atoms with E-state index in [-0.39, 0.29) is 5.78 Å². The van der Waals surface area contributed by atoms with Crippen LogP contribution in [0.25, 0.3) is 0 Å². The highest BCUT2D eigenvalue weighted by molar-refractivity contribution is 5.94. The summed E-state index contributed by atoms with van der Waals surface area (Å²) in [6.07, 6.45) is 1.56. The number of ether oxygens (including phenoxy) is 1. The van der Waals surface area contributed by atoms with Gasteiger partial charge in [-0.2, -0.15) is 0 Å². The topological polar surface area (TPSA) is 46.5 Å². The van der Waals surface area contributed by atoms with Crippen LogP contribution in [0.5, 0.6) is 0 Å². The van der Waals surface area contributed by atoms with Crippen molar-refractivity contribution in [2.24, 2.45) is 0 Å². The molecule has 0 amide bonds. The minimum absolute atomic E-state index is 0.292. The number of benzene rings is 1. The predicted molar refractivity (Wildman–Crippen MR) is 59.9 cm³/mol. The van der Waals surface area contributed by atoms with E-state index in [0.29, 0.717) is 6.61 Å². The number of aliphatic hydroxyl groups excluding tert-OH is 1. The van der Waals surface area contributed by atoms with Gasteiger partial charge in [0, 0.05) is 6.08 Å². The molecule has 1 aliphatic rings. The van der Waals surface area contributed by atoms with Gasteiger partial charge in [-0.15, -0.1) is 0 Å². The summed E-state index contributed by atoms with van der Waals surface area (Å²) in [6, 6.07) is 9.46. The van der Waals surface area contributed by atoms with Crippen LogP contribution in [0.1, 0.15) is 12.5 Å². The van der Waals surface area contributed by atoms with Crippen molar-refractivity contribution in [2.45, 2.75) is 18.4 Å². The van der Waals surface area contributed by atoms with Crippen molar-refractivity contribution in [3.05, 3.63) is 48.2 Å². The lowest BCUT2D eigenvalue weighted by Gasteiger charge is -2.31. The second-order valence-electron chi connectivity index (χ2n) is 4.20. The van der Waals surface area contributed by atoms with Crippen LogP contribution in [0, 0.1) is 0 Å². The average molecular weight is 218 g/mol. The van der Waals surface area contributed by atoms with Crippen LogP contribution in [0.3, 0.4) is 0 Å². The predicted octanol–water partition coefficient (Wildman–Crippen LogP) is 1.42. The van der Waals surface area contributed by atoms with Crippen LogP contribution in [0.4, 0.5) is 0 Å². The van der Waals surface area contributed by atoms with Crippen molar-refractivity contribution in [3.63, 3.8) is 0 Å². The lowest BCUT2D eigenvalue weighted by atomic mass is 9.77. The summed E-state index contributed by atoms with van der Waals surface area (Å²) in [5.41, 5.74) is 0.210. The first-order valence-electron chi connectivity index (χ1n) is 5.20. The van der Waals surface area contributed by atoms with Crippen molar-refractivity contribution >= 4 is 5.78 Å². The summed E-state index contributed by atoms with van der Waals surface area (Å²) >= 11 is 0. The number of hydrogen-bond acceptors (Lipinski definition) is 3. The molecule has 2 rings (SSSR count). The molecule has 84 valence electrons. The fourth-order valence-electron chi connectivity index (χ4n) is 1.88. The van der Waals surface area contributed by atoms with Crippen LogP contribution in [0.15, 0.2) is 42.7 Å². The maximum Gasteiger partial charge on any atom is 0.188 e. The van der Waals surface area contributed by atoms with Gasteiger partial charge in [0.1, 0.15) is 6.10 Å². The zero-order chi connectivity index (χ0) is 11.6. The van der Waals surface area contributed by atoms with Crippen LogP contribution in [-0.2, 0) is 14.9 Å². The van der Waals surface area contributed by atoms with Crippen LogP contribution < -0.4 is 0 Å². The Kier molecular flexibility index (Phi) is 2.79. The second kappa shape index (κ2) is 4.10. The molecule has 2 unspecified atom stereocenters. The van der Waals surface area contributed by atoms with E-state index in [1.54, 1.807) is 0 Å². The van der Waals surface area contributed by atoms with E-state index >= 15 is 0 Å². The maximum atomic E-state index is 11.6. The van der Waals surface area contributed by atoms with Crippen molar-refractivity contribution in [3.8, 4) is 0 Å². The van der Waals surface area contributed by atoms with Crippen LogP contribution >= 0.6 is 0 Å². The highest BCUT2D eigenvalue weighted by Crippen LogP contribution is 2.30. The zero-order valence-corrected chi connectivity index (χ0v) is 9.09. The van der Waals surface area contributed by atoms with E-state index in [9.17, 15) is 9.90 Å². The van der Waals surface area contributed by atoms with Crippen molar-refractivity contribution in [1.82, 2.24) is 0 Å². The summed E-state index contributed by atoms with van der Waals surface area (Å²) in [4.78, 5) is 11.6. The summed E-state index contributed by atoms with van der Waals surface area (Å²) in [5.74, 6) is -0.316. The van der Waals surface area contributed by atoms with Gasteiger partial charge in [0.05, 0.1) is 18.3 Å². The van der Waals surface area contributed by atoms with Gasteiger partial charge in [-0.1, -0.05) is 30.3 Å². The van der Waals surface area contributed by atoms with Gasteiger partial charge in [0.25, 0.3) is 0 Å². The molecule has 16 heavy (non-hydrogen) atoms. The van der Waals surface area contributed by atoms with Crippen LogP contribution in [-0.4, -0.2) is 23.6 Å². The Morgan fingerprint density at radius 1 is 1.38 bits per heavy atom. The Bertz CT molecular complexity index is 410. The van der Waals surface area contributed by atoms with Gasteiger partial charge in [-0.05, 0) is 12.5 Å². The molecule has 0 radical (unpaired) electrons. The highest BCUT2D eigenvalue weighted by atomic mass is 16.5. The lowest BCUT2D eigenvalue weighted by Crippen LogP contribution is -2.43. The molecule has 3 nitrogen and oxygen atoms in total. The number of carbonyl (C=O) groups is 1. The molecule has 1 aliphatic heterocycles. The standard InChI is InChI=1S/C13H14O3/c1-13(10-5-3-2-4-6-10)9-16-8-7-11(14)12(13)15/h2-8,12,15H,9H2,1H3. The quantitative estimate of drug-likeness (QED) is 0.775. The van der Waals surface area contributed by atoms with Gasteiger partial charge in [-0.25, -0.2) is 0 Å². The summed E-state index contributed by atoms with van der Waals surface area (Å²) < 4.78 is 5.24. The molecule has 1 aromatic rings. The number of aliphatic hydroxyl groups is 1. The van der Waals surface area contributed by atoms with Crippen molar-refractivity contribution in [1.29, 1.82) is 0 Å². The Morgan fingerprint density at radius 3 is 2.75 bits per heavy atom. The third kappa shape index (κ3) is 1.74. The minimum atomic E-state index is -1.06. The Labute approximate surface area is 94.4 Å². The lowest BCUT2D eigenvalue weighted by molar-refractivity contribution is -0.125. The van der Waals surface area contributed by atoms with Gasteiger partial charge in [0.2, 0.25) is 0 Å². The molecule has 0 saturated carbocycles. The zero-order valence-electron chi connectivity index (χ0n) is 9.09. The van der Waals surface area contributed by atoms with Crippen LogP contribution in [0.2, 0.25) is 0 Å². The molecule has 3 heteroatoms. The number of hydrogen-bond donors (Lipinski definition) is 1. The van der Waals surface area contributed by atoms with E-state index in [0.717, 1.165) is 5.56 Å². The van der Waals surface area contributed by atoms with Crippen molar-refractivity contribution < 1.29 is 14.6 Å². The Balaban J connectivity index is 2.40. The molecule has 0 aromatic heterocycles. The first-order chi connectivity index (χ1) is 7.64. The van der Waals surface area contributed by atoms with Crippen molar-refractivity contribution in [2.75, 3.05) is 6.61 Å². The Morgan fingerprint density at radius 2 is 2.06 bits per heavy atom. The molecular formula is C13H14O3. The van der Waals surface area contributed by atoms with E-state index < -0.39 is 11.5 Å². The van der Waals surface area contributed by atoms with Gasteiger partial charge < -0.3 is 9.84 Å². The summed E-state index contributed by atoms with van der Waals surface area (Å²) in [5, 5.41) is 10.0. The molecule has 0 aliphatic carbocycles. The molecule has 0 bridgehead atoms. The maximum absolute atomic E-state index is 11.6. The van der Waals surface area contributed by atoms with E-state index in [1.165, 1.54) is 12.3 Å². The first kappa shape index (κ1) is 10.9. The molecule has 0 fully saturated rings. The number of rotatable bonds is 1. The third-order valence-corrected chi connectivity index (χ3v) is 3.02. The third-order valence-electron chi connectivity index (χ3n) is 3.02. The molecular weight excluding hydrogens is 204 g/mol. The molecule has 0 spiro atoms. The van der Waals surface area contributed by atoms with E-state index in [1.807, 2.05) is 37.3 Å². The average Bonchev–Trinajstić information content (AvgIpc) is 2.45. The second-order valence-corrected chi connectivity index (χ2v) is 4.20. The summed E-state index contributed by atoms with van der Waals surface area (Å²) in [7, 11) is 0. The number of ketones is 1. The Hall–Kier alpha value is -1.61. The molecule has 1 heterocycles. The molecule has 2 atom stereocenters. The van der Waals surface area contributed by atoms with Gasteiger partial charge in [-0.3, -0.25) is 4.79 Å². The fourth-order valence-corrected chi connectivity index (χ4v) is 1.88. The number of carbonyl (C=O) groups excluding carboxylic acids is 1. The normalized spacial score (nSPS) is 29.6. The highest BCUT2D eigenvalue weighted by Gasteiger charge is 2.40. The summed E-state index contributed by atoms with van der Waals surface area (Å²) in [6.45, 7) is 2.12. The fraction of sp³-hybridized carbons (Fsp3) is 0.308. The first-order valence-corrected chi connectivity index (χ1v) is 5.20. The largest absolute Gasteiger partial charge is 0.500 e. The van der Waals surface area contributed by atoms with E-state index in [4.69, 9.17) is 4.74 Å². The smallest absolute Gasteiger partial charge is 0.188 e. The minimum Gasteiger partial charge on any atom is -0.500 e. The SMILES string of the molecule is CC1(c2ccccc2)COC=CC(=O)C1O. The molecule has 1 N–H and O–H groups in total. The van der Waals surface area contributed by atoms with Gasteiger partial charge >= 0.3 is 0 Å².